The average Bonchev–Trinajstić information content (AvgIpc) is 2.89. The molecule has 1 amide bonds. The second-order valence-electron chi connectivity index (χ2n) is 7.12. The normalized spacial score (nSPS) is 40.4. The van der Waals surface area contributed by atoms with Crippen molar-refractivity contribution in [2.75, 3.05) is 0 Å². The van der Waals surface area contributed by atoms with Gasteiger partial charge in [0, 0.05) is 18.4 Å². The Morgan fingerprint density at radius 3 is 2.67 bits per heavy atom. The van der Waals surface area contributed by atoms with E-state index in [1.54, 1.807) is 6.92 Å². The van der Waals surface area contributed by atoms with Crippen LogP contribution in [0.5, 0.6) is 0 Å². The van der Waals surface area contributed by atoms with Gasteiger partial charge in [0.2, 0.25) is 5.91 Å². The SMILES string of the molecule is CC(=O)N1C(Br)=C2O[C@@H]3C[C@H](CC14CCCCC4)[C@H]2[C@@H]3Br. The van der Waals surface area contributed by atoms with Crippen LogP contribution in [-0.4, -0.2) is 27.3 Å². The monoisotopic (exact) mass is 417 g/mol. The Morgan fingerprint density at radius 1 is 1.33 bits per heavy atom. The maximum Gasteiger partial charge on any atom is 0.224 e. The van der Waals surface area contributed by atoms with Crippen molar-refractivity contribution >= 4 is 37.8 Å². The highest BCUT2D eigenvalue weighted by atomic mass is 79.9. The van der Waals surface area contributed by atoms with Gasteiger partial charge >= 0.3 is 0 Å². The van der Waals surface area contributed by atoms with Crippen LogP contribution in [0, 0.1) is 11.8 Å². The van der Waals surface area contributed by atoms with Gasteiger partial charge in [-0.15, -0.1) is 0 Å². The Morgan fingerprint density at radius 2 is 2.05 bits per heavy atom. The van der Waals surface area contributed by atoms with Crippen molar-refractivity contribution in [3.63, 3.8) is 0 Å². The molecule has 4 rings (SSSR count). The first kappa shape index (κ1) is 14.6. The van der Waals surface area contributed by atoms with Gasteiger partial charge in [-0.25, -0.2) is 0 Å². The van der Waals surface area contributed by atoms with E-state index in [1.165, 1.54) is 19.3 Å². The van der Waals surface area contributed by atoms with E-state index in [9.17, 15) is 4.79 Å². The van der Waals surface area contributed by atoms with Gasteiger partial charge in [0.15, 0.2) is 0 Å². The molecular weight excluding hydrogens is 398 g/mol. The largest absolute Gasteiger partial charge is 0.490 e. The zero-order valence-corrected chi connectivity index (χ0v) is 15.5. The van der Waals surface area contributed by atoms with Crippen LogP contribution < -0.4 is 0 Å². The molecule has 2 aliphatic carbocycles. The van der Waals surface area contributed by atoms with Crippen molar-refractivity contribution in [2.24, 2.45) is 11.8 Å². The lowest BCUT2D eigenvalue weighted by molar-refractivity contribution is -0.133. The van der Waals surface area contributed by atoms with E-state index in [-0.39, 0.29) is 17.6 Å². The fraction of sp³-hybridized carbons (Fsp3) is 0.812. The molecule has 0 unspecified atom stereocenters. The average molecular weight is 419 g/mol. The van der Waals surface area contributed by atoms with Crippen LogP contribution in [-0.2, 0) is 9.53 Å². The third-order valence-electron chi connectivity index (χ3n) is 5.94. The summed E-state index contributed by atoms with van der Waals surface area (Å²) >= 11 is 7.57. The van der Waals surface area contributed by atoms with E-state index in [0.29, 0.717) is 16.7 Å². The summed E-state index contributed by atoms with van der Waals surface area (Å²) in [6.07, 6.45) is 8.60. The van der Waals surface area contributed by atoms with Crippen molar-refractivity contribution in [3.8, 4) is 0 Å². The Hall–Kier alpha value is -0.0300. The van der Waals surface area contributed by atoms with Gasteiger partial charge in [-0.1, -0.05) is 35.2 Å². The van der Waals surface area contributed by atoms with Crippen molar-refractivity contribution in [2.45, 2.75) is 68.3 Å². The number of alkyl halides is 1. The minimum absolute atomic E-state index is 0.0168. The summed E-state index contributed by atoms with van der Waals surface area (Å²) in [6, 6.07) is 0. The number of hydrogen-bond acceptors (Lipinski definition) is 2. The lowest BCUT2D eigenvalue weighted by Gasteiger charge is -2.46. The molecule has 2 aliphatic heterocycles. The Labute approximate surface area is 142 Å². The highest BCUT2D eigenvalue weighted by Gasteiger charge is 2.59. The lowest BCUT2D eigenvalue weighted by Crippen LogP contribution is -2.51. The van der Waals surface area contributed by atoms with E-state index in [4.69, 9.17) is 4.74 Å². The maximum atomic E-state index is 12.4. The van der Waals surface area contributed by atoms with E-state index in [0.717, 1.165) is 36.0 Å². The van der Waals surface area contributed by atoms with Gasteiger partial charge in [0.1, 0.15) is 16.5 Å². The molecule has 0 aromatic rings. The van der Waals surface area contributed by atoms with Gasteiger partial charge in [-0.2, -0.15) is 0 Å². The highest BCUT2D eigenvalue weighted by Crippen LogP contribution is 2.59. The molecule has 2 heterocycles. The Balaban J connectivity index is 1.82. The van der Waals surface area contributed by atoms with Crippen LogP contribution in [0.25, 0.3) is 0 Å². The van der Waals surface area contributed by atoms with Crippen LogP contribution in [0.15, 0.2) is 10.4 Å². The highest BCUT2D eigenvalue weighted by molar-refractivity contribution is 9.11. The van der Waals surface area contributed by atoms with Crippen molar-refractivity contribution < 1.29 is 9.53 Å². The van der Waals surface area contributed by atoms with E-state index < -0.39 is 0 Å². The summed E-state index contributed by atoms with van der Waals surface area (Å²) in [5.74, 6) is 2.26. The number of carbonyl (C=O) groups excluding carboxylic acids is 1. The molecule has 1 saturated heterocycles. The quantitative estimate of drug-likeness (QED) is 0.433. The zero-order chi connectivity index (χ0) is 14.8. The first-order valence-electron chi connectivity index (χ1n) is 8.05. The molecule has 0 aromatic carbocycles. The molecule has 116 valence electrons. The summed E-state index contributed by atoms with van der Waals surface area (Å²) in [6.45, 7) is 1.70. The van der Waals surface area contributed by atoms with Gasteiger partial charge in [-0.3, -0.25) is 9.69 Å². The minimum Gasteiger partial charge on any atom is -0.490 e. The third kappa shape index (κ3) is 1.99. The van der Waals surface area contributed by atoms with E-state index in [2.05, 4.69) is 31.9 Å². The number of halogens is 2. The number of nitrogens with zero attached hydrogens (tertiary/aromatic N) is 1. The number of carbonyl (C=O) groups is 1. The predicted octanol–water partition coefficient (Wildman–Crippen LogP) is 4.30. The lowest BCUT2D eigenvalue weighted by atomic mass is 9.73. The Kier molecular flexibility index (Phi) is 3.45. The number of fused-ring (bicyclic) bond motifs is 1. The summed E-state index contributed by atoms with van der Waals surface area (Å²) in [4.78, 5) is 14.9. The summed E-state index contributed by atoms with van der Waals surface area (Å²) in [5.41, 5.74) is 0.0168. The molecule has 0 aromatic heterocycles. The number of hydrogen-bond donors (Lipinski definition) is 0. The predicted molar refractivity (Wildman–Crippen MR) is 88.1 cm³/mol. The topological polar surface area (TPSA) is 29.5 Å². The standard InChI is InChI=1S/C16H21Br2NO2/c1-9(20)19-15(18)14-12-10(7-11(21-14)13(12)17)8-16(19)5-3-2-4-6-16/h10-13H,2-8H2,1H3/t10-,11-,12+,13-/m1/s1. The van der Waals surface area contributed by atoms with E-state index in [1.807, 2.05) is 4.90 Å². The molecule has 3 fully saturated rings. The number of amides is 1. The molecule has 5 heteroatoms. The zero-order valence-electron chi connectivity index (χ0n) is 12.3. The smallest absolute Gasteiger partial charge is 0.224 e. The van der Waals surface area contributed by atoms with Crippen LogP contribution in [0.4, 0.5) is 0 Å². The fourth-order valence-electron chi connectivity index (χ4n) is 5.18. The fourth-order valence-corrected chi connectivity index (χ4v) is 7.16. The number of rotatable bonds is 0. The molecule has 2 saturated carbocycles. The number of allylic oxidation sites excluding steroid dienone is 1. The van der Waals surface area contributed by atoms with Crippen molar-refractivity contribution in [1.29, 1.82) is 0 Å². The molecular formula is C16H21Br2NO2. The third-order valence-corrected chi connectivity index (χ3v) is 7.84. The van der Waals surface area contributed by atoms with Crippen LogP contribution in [0.1, 0.15) is 51.9 Å². The van der Waals surface area contributed by atoms with Gasteiger partial charge in [0.05, 0.1) is 4.83 Å². The van der Waals surface area contributed by atoms with Gasteiger partial charge < -0.3 is 4.74 Å². The second kappa shape index (κ2) is 4.98. The molecule has 0 radical (unpaired) electrons. The molecule has 21 heavy (non-hydrogen) atoms. The van der Waals surface area contributed by atoms with E-state index >= 15 is 0 Å². The maximum absolute atomic E-state index is 12.4. The molecule has 3 nitrogen and oxygen atoms in total. The summed E-state index contributed by atoms with van der Waals surface area (Å²) in [7, 11) is 0. The molecule has 1 spiro atoms. The molecule has 4 aliphatic rings. The molecule has 2 bridgehead atoms. The summed E-state index contributed by atoms with van der Waals surface area (Å²) in [5, 5.41) is 0. The van der Waals surface area contributed by atoms with Crippen LogP contribution in [0.3, 0.4) is 0 Å². The van der Waals surface area contributed by atoms with Gasteiger partial charge in [0.25, 0.3) is 0 Å². The first-order valence-corrected chi connectivity index (χ1v) is 9.75. The van der Waals surface area contributed by atoms with Crippen LogP contribution in [0.2, 0.25) is 0 Å². The van der Waals surface area contributed by atoms with Gasteiger partial charge in [-0.05, 0) is 47.5 Å². The van der Waals surface area contributed by atoms with Crippen molar-refractivity contribution in [3.05, 3.63) is 10.4 Å². The minimum atomic E-state index is 0.0168. The molecule has 4 atom stereocenters. The Bertz CT molecular complexity index is 512. The first-order chi connectivity index (χ1) is 10.0. The number of ether oxygens (including phenoxy) is 1. The summed E-state index contributed by atoms with van der Waals surface area (Å²) < 4.78 is 7.06. The second-order valence-corrected chi connectivity index (χ2v) is 8.93. The molecule has 0 N–H and O–H groups in total. The van der Waals surface area contributed by atoms with Crippen molar-refractivity contribution in [1.82, 2.24) is 4.90 Å². The van der Waals surface area contributed by atoms with Crippen LogP contribution >= 0.6 is 31.9 Å².